The lowest BCUT2D eigenvalue weighted by Crippen LogP contribution is -2.32. The molecule has 2 nitrogen and oxygen atoms in total. The van der Waals surface area contributed by atoms with Crippen LogP contribution in [0.3, 0.4) is 0 Å². The lowest BCUT2D eigenvalue weighted by molar-refractivity contribution is 0.0192. The van der Waals surface area contributed by atoms with Gasteiger partial charge < -0.3 is 9.84 Å². The average Bonchev–Trinajstić information content (AvgIpc) is 3.13. The third-order valence-corrected chi connectivity index (χ3v) is 5.47. The largest absolute Gasteiger partial charge is 0.493 e. The van der Waals surface area contributed by atoms with Gasteiger partial charge in [-0.05, 0) is 54.7 Å². The standard InChI is InChI=1S/C18H26O2/c1-2-18(10-3-4-11-18)17(19)8-6-14-5-7-16-15(13-14)9-12-20-16/h5,7,13,17,19H,2-4,6,8-12H2,1H3. The Labute approximate surface area is 122 Å². The molecule has 0 saturated heterocycles. The lowest BCUT2D eigenvalue weighted by Gasteiger charge is -2.33. The van der Waals surface area contributed by atoms with Crippen molar-refractivity contribution in [3.8, 4) is 5.75 Å². The minimum Gasteiger partial charge on any atom is -0.493 e. The Balaban J connectivity index is 1.61. The zero-order valence-electron chi connectivity index (χ0n) is 12.5. The fourth-order valence-electron chi connectivity index (χ4n) is 4.01. The summed E-state index contributed by atoms with van der Waals surface area (Å²) in [5.74, 6) is 1.05. The van der Waals surface area contributed by atoms with Crippen molar-refractivity contribution in [1.29, 1.82) is 0 Å². The molecule has 1 saturated carbocycles. The monoisotopic (exact) mass is 274 g/mol. The molecule has 110 valence electrons. The molecule has 3 rings (SSSR count). The molecule has 1 aromatic rings. The number of benzene rings is 1. The van der Waals surface area contributed by atoms with E-state index in [1.807, 2.05) is 0 Å². The first kappa shape index (κ1) is 13.9. The molecule has 0 spiro atoms. The molecule has 1 N–H and O–H groups in total. The van der Waals surface area contributed by atoms with Gasteiger partial charge >= 0.3 is 0 Å². The van der Waals surface area contributed by atoms with Crippen molar-refractivity contribution in [3.05, 3.63) is 29.3 Å². The molecule has 1 unspecified atom stereocenters. The van der Waals surface area contributed by atoms with Gasteiger partial charge in [0, 0.05) is 6.42 Å². The molecule has 2 aliphatic rings. The zero-order chi connectivity index (χ0) is 14.0. The quantitative estimate of drug-likeness (QED) is 0.882. The summed E-state index contributed by atoms with van der Waals surface area (Å²) in [4.78, 5) is 0. The highest BCUT2D eigenvalue weighted by atomic mass is 16.5. The van der Waals surface area contributed by atoms with E-state index in [4.69, 9.17) is 4.74 Å². The summed E-state index contributed by atoms with van der Waals surface area (Å²) in [7, 11) is 0. The van der Waals surface area contributed by atoms with Crippen molar-refractivity contribution in [1.82, 2.24) is 0 Å². The van der Waals surface area contributed by atoms with Gasteiger partial charge in [-0.15, -0.1) is 0 Å². The second-order valence-corrected chi connectivity index (χ2v) is 6.52. The summed E-state index contributed by atoms with van der Waals surface area (Å²) >= 11 is 0. The van der Waals surface area contributed by atoms with Crippen molar-refractivity contribution in [2.45, 2.75) is 64.4 Å². The van der Waals surface area contributed by atoms with Crippen molar-refractivity contribution in [2.24, 2.45) is 5.41 Å². The maximum Gasteiger partial charge on any atom is 0.122 e. The van der Waals surface area contributed by atoms with Gasteiger partial charge in [-0.1, -0.05) is 31.9 Å². The normalized spacial score (nSPS) is 21.5. The van der Waals surface area contributed by atoms with E-state index in [2.05, 4.69) is 25.1 Å². The number of hydrogen-bond acceptors (Lipinski definition) is 2. The Morgan fingerprint density at radius 1 is 1.30 bits per heavy atom. The maximum absolute atomic E-state index is 10.6. The molecule has 1 fully saturated rings. The number of aliphatic hydroxyl groups is 1. The first-order chi connectivity index (χ1) is 9.73. The average molecular weight is 274 g/mol. The fraction of sp³-hybridized carbons (Fsp3) is 0.667. The number of rotatable bonds is 5. The number of aliphatic hydroxyl groups excluding tert-OH is 1. The molecule has 0 amide bonds. The highest BCUT2D eigenvalue weighted by Crippen LogP contribution is 2.45. The summed E-state index contributed by atoms with van der Waals surface area (Å²) in [6.07, 6.45) is 8.90. The van der Waals surface area contributed by atoms with E-state index >= 15 is 0 Å². The van der Waals surface area contributed by atoms with Crippen molar-refractivity contribution in [3.63, 3.8) is 0 Å². The molecular weight excluding hydrogens is 248 g/mol. The molecule has 1 heterocycles. The van der Waals surface area contributed by atoms with Crippen LogP contribution >= 0.6 is 0 Å². The first-order valence-electron chi connectivity index (χ1n) is 8.16. The minimum absolute atomic E-state index is 0.139. The van der Waals surface area contributed by atoms with Crippen molar-refractivity contribution in [2.75, 3.05) is 6.61 Å². The molecule has 1 aromatic carbocycles. The molecule has 2 heteroatoms. The molecular formula is C18H26O2. The Bertz CT molecular complexity index is 460. The van der Waals surface area contributed by atoms with E-state index in [9.17, 15) is 5.11 Å². The highest BCUT2D eigenvalue weighted by Gasteiger charge is 2.38. The van der Waals surface area contributed by atoms with E-state index in [1.54, 1.807) is 0 Å². The highest BCUT2D eigenvalue weighted by molar-refractivity contribution is 5.39. The van der Waals surface area contributed by atoms with Crippen LogP contribution in [0.4, 0.5) is 0 Å². The number of fused-ring (bicyclic) bond motifs is 1. The van der Waals surface area contributed by atoms with Crippen LogP contribution in [0, 0.1) is 5.41 Å². The third-order valence-electron chi connectivity index (χ3n) is 5.47. The molecule has 0 aromatic heterocycles. The summed E-state index contributed by atoms with van der Waals surface area (Å²) in [5, 5.41) is 10.6. The van der Waals surface area contributed by atoms with E-state index in [0.29, 0.717) is 0 Å². The molecule has 0 radical (unpaired) electrons. The van der Waals surface area contributed by atoms with Gasteiger partial charge in [-0.2, -0.15) is 0 Å². The van der Waals surface area contributed by atoms with Gasteiger partial charge in [0.05, 0.1) is 12.7 Å². The van der Waals surface area contributed by atoms with E-state index < -0.39 is 0 Å². The maximum atomic E-state index is 10.6. The predicted molar refractivity (Wildman–Crippen MR) is 81.2 cm³/mol. The van der Waals surface area contributed by atoms with Crippen LogP contribution in [0.1, 0.15) is 56.6 Å². The summed E-state index contributed by atoms with van der Waals surface area (Å²) < 4.78 is 5.54. The molecule has 0 bridgehead atoms. The second kappa shape index (κ2) is 5.77. The van der Waals surface area contributed by atoms with Gasteiger partial charge in [-0.3, -0.25) is 0 Å². The Kier molecular flexibility index (Phi) is 4.02. The summed E-state index contributed by atoms with van der Waals surface area (Å²) in [5.41, 5.74) is 2.89. The Morgan fingerprint density at radius 3 is 2.85 bits per heavy atom. The summed E-state index contributed by atoms with van der Waals surface area (Å²) in [6.45, 7) is 3.06. The number of aryl methyl sites for hydroxylation is 1. The molecule has 1 atom stereocenters. The Hall–Kier alpha value is -1.02. The molecule has 20 heavy (non-hydrogen) atoms. The number of hydrogen-bond donors (Lipinski definition) is 1. The molecule has 1 aliphatic carbocycles. The second-order valence-electron chi connectivity index (χ2n) is 6.52. The van der Waals surface area contributed by atoms with Crippen LogP contribution in [0.2, 0.25) is 0 Å². The van der Waals surface area contributed by atoms with Gasteiger partial charge in [0.2, 0.25) is 0 Å². The van der Waals surface area contributed by atoms with Crippen LogP contribution in [0.5, 0.6) is 5.75 Å². The Morgan fingerprint density at radius 2 is 2.10 bits per heavy atom. The van der Waals surface area contributed by atoms with Gasteiger partial charge in [0.25, 0.3) is 0 Å². The minimum atomic E-state index is -0.139. The zero-order valence-corrected chi connectivity index (χ0v) is 12.5. The molecule has 1 aliphatic heterocycles. The van der Waals surface area contributed by atoms with Crippen LogP contribution < -0.4 is 4.74 Å². The topological polar surface area (TPSA) is 29.5 Å². The van der Waals surface area contributed by atoms with Gasteiger partial charge in [0.15, 0.2) is 0 Å². The van der Waals surface area contributed by atoms with Crippen molar-refractivity contribution >= 4 is 0 Å². The first-order valence-corrected chi connectivity index (χ1v) is 8.16. The van der Waals surface area contributed by atoms with Gasteiger partial charge in [0.1, 0.15) is 5.75 Å². The van der Waals surface area contributed by atoms with E-state index in [1.165, 1.54) is 36.8 Å². The third kappa shape index (κ3) is 2.58. The van der Waals surface area contributed by atoms with Gasteiger partial charge in [-0.25, -0.2) is 0 Å². The van der Waals surface area contributed by atoms with Crippen molar-refractivity contribution < 1.29 is 9.84 Å². The van der Waals surface area contributed by atoms with Crippen LogP contribution in [0.25, 0.3) is 0 Å². The van der Waals surface area contributed by atoms with E-state index in [-0.39, 0.29) is 11.5 Å². The number of ether oxygens (including phenoxy) is 1. The summed E-state index contributed by atoms with van der Waals surface area (Å²) in [6, 6.07) is 6.52. The van der Waals surface area contributed by atoms with Crippen LogP contribution in [-0.2, 0) is 12.8 Å². The SMILES string of the molecule is CCC1(C(O)CCc2ccc3c(c2)CCO3)CCCC1. The smallest absolute Gasteiger partial charge is 0.122 e. The van der Waals surface area contributed by atoms with Crippen LogP contribution in [0.15, 0.2) is 18.2 Å². The predicted octanol–water partition coefficient (Wildman–Crippen LogP) is 3.89. The lowest BCUT2D eigenvalue weighted by atomic mass is 9.76. The van der Waals surface area contributed by atoms with E-state index in [0.717, 1.165) is 38.0 Å². The van der Waals surface area contributed by atoms with Crippen LogP contribution in [-0.4, -0.2) is 17.8 Å². The fourth-order valence-corrected chi connectivity index (χ4v) is 4.01.